The van der Waals surface area contributed by atoms with Crippen molar-refractivity contribution in [2.75, 3.05) is 39.6 Å². The summed E-state index contributed by atoms with van der Waals surface area (Å²) in [6.45, 7) is 0.785. The van der Waals surface area contributed by atoms with Crippen LogP contribution in [-0.2, 0) is 6.18 Å². The average molecular weight is 410 g/mol. The summed E-state index contributed by atoms with van der Waals surface area (Å²) in [5.41, 5.74) is -1.48. The lowest BCUT2D eigenvalue weighted by Gasteiger charge is -2.14. The number of pyridine rings is 1. The molecule has 2 amide bonds. The number of halogens is 3. The second kappa shape index (κ2) is 9.37. The number of alkyl halides is 3. The lowest BCUT2D eigenvalue weighted by atomic mass is 10.1. The average Bonchev–Trinajstić information content (AvgIpc) is 2.66. The molecule has 156 valence electrons. The van der Waals surface area contributed by atoms with E-state index in [0.29, 0.717) is 12.3 Å². The minimum Gasteiger partial charge on any atom is -0.497 e. The number of carbonyl (C=O) groups excluding carboxylic acids is 2. The molecular formula is C19H21F3N4O3. The molecule has 1 aromatic carbocycles. The van der Waals surface area contributed by atoms with Crippen molar-refractivity contribution in [2.24, 2.45) is 0 Å². The van der Waals surface area contributed by atoms with E-state index in [0.717, 1.165) is 12.1 Å². The first kappa shape index (κ1) is 22.2. The van der Waals surface area contributed by atoms with E-state index < -0.39 is 23.6 Å². The normalized spacial score (nSPS) is 11.3. The van der Waals surface area contributed by atoms with E-state index in [4.69, 9.17) is 4.74 Å². The van der Waals surface area contributed by atoms with Crippen molar-refractivity contribution in [3.63, 3.8) is 0 Å². The highest BCUT2D eigenvalue weighted by Crippen LogP contribution is 2.32. The topological polar surface area (TPSA) is 83.6 Å². The number of ether oxygens (including phenoxy) is 1. The van der Waals surface area contributed by atoms with Crippen LogP contribution in [0.15, 0.2) is 36.5 Å². The zero-order chi connectivity index (χ0) is 21.6. The number of carbonyl (C=O) groups is 2. The number of likely N-dealkylation sites (N-methyl/N-ethyl adjacent to an activating group) is 1. The van der Waals surface area contributed by atoms with Gasteiger partial charge in [0.1, 0.15) is 11.4 Å². The van der Waals surface area contributed by atoms with Gasteiger partial charge in [-0.3, -0.25) is 14.6 Å². The summed E-state index contributed by atoms with van der Waals surface area (Å²) in [6, 6.07) is 5.55. The van der Waals surface area contributed by atoms with E-state index in [9.17, 15) is 22.8 Å². The summed E-state index contributed by atoms with van der Waals surface area (Å²) in [6.07, 6.45) is -3.35. The van der Waals surface area contributed by atoms with Crippen LogP contribution in [0.4, 0.5) is 18.9 Å². The van der Waals surface area contributed by atoms with Gasteiger partial charge in [-0.2, -0.15) is 13.2 Å². The van der Waals surface area contributed by atoms with Crippen LogP contribution in [0.25, 0.3) is 0 Å². The van der Waals surface area contributed by atoms with Crippen molar-refractivity contribution in [3.05, 3.63) is 53.3 Å². The van der Waals surface area contributed by atoms with E-state index in [1.54, 1.807) is 14.1 Å². The number of benzene rings is 1. The zero-order valence-corrected chi connectivity index (χ0v) is 16.1. The van der Waals surface area contributed by atoms with Gasteiger partial charge in [0, 0.05) is 36.6 Å². The number of nitrogens with zero attached hydrogens (tertiary/aromatic N) is 2. The van der Waals surface area contributed by atoms with Crippen molar-refractivity contribution in [3.8, 4) is 5.75 Å². The van der Waals surface area contributed by atoms with Gasteiger partial charge in [0.15, 0.2) is 0 Å². The van der Waals surface area contributed by atoms with Crippen molar-refractivity contribution in [2.45, 2.75) is 6.18 Å². The Labute approximate surface area is 165 Å². The summed E-state index contributed by atoms with van der Waals surface area (Å²) >= 11 is 0. The van der Waals surface area contributed by atoms with Gasteiger partial charge in [-0.15, -0.1) is 0 Å². The van der Waals surface area contributed by atoms with E-state index in [-0.39, 0.29) is 23.5 Å². The number of hydrogen-bond donors (Lipinski definition) is 2. The third-order valence-electron chi connectivity index (χ3n) is 3.82. The molecule has 10 heteroatoms. The fourth-order valence-corrected chi connectivity index (χ4v) is 2.35. The van der Waals surface area contributed by atoms with E-state index in [2.05, 4.69) is 15.6 Å². The molecule has 0 aliphatic carbocycles. The van der Waals surface area contributed by atoms with Crippen LogP contribution in [0, 0.1) is 0 Å². The van der Waals surface area contributed by atoms with Crippen molar-refractivity contribution in [1.82, 2.24) is 15.2 Å². The molecular weight excluding hydrogens is 389 g/mol. The number of aromatic nitrogens is 1. The Hall–Kier alpha value is -3.14. The Kier molecular flexibility index (Phi) is 7.16. The standard InChI is InChI=1S/C19H21F3N4O3/c1-26(2)7-6-24-17(27)12-8-13(19(20,21)22)10-14(9-12)25-18(28)16-11-15(29-3)4-5-23-16/h4-5,8-11H,6-7H2,1-3H3,(H,24,27)(H,25,28). The van der Waals surface area contributed by atoms with Gasteiger partial charge in [0.25, 0.3) is 11.8 Å². The van der Waals surface area contributed by atoms with Gasteiger partial charge in [0.05, 0.1) is 12.7 Å². The number of methoxy groups -OCH3 is 1. The van der Waals surface area contributed by atoms with Crippen LogP contribution >= 0.6 is 0 Å². The van der Waals surface area contributed by atoms with E-state index in [1.165, 1.54) is 31.5 Å². The third kappa shape index (κ3) is 6.46. The van der Waals surface area contributed by atoms with Crippen LogP contribution < -0.4 is 15.4 Å². The Morgan fingerprint density at radius 2 is 1.86 bits per heavy atom. The SMILES string of the molecule is COc1ccnc(C(=O)Nc2cc(C(=O)NCCN(C)C)cc(C(F)(F)F)c2)c1. The number of nitrogens with one attached hydrogen (secondary N) is 2. The fraction of sp³-hybridized carbons (Fsp3) is 0.316. The minimum atomic E-state index is -4.69. The molecule has 7 nitrogen and oxygen atoms in total. The predicted molar refractivity (Wildman–Crippen MR) is 101 cm³/mol. The highest BCUT2D eigenvalue weighted by molar-refractivity contribution is 6.04. The highest BCUT2D eigenvalue weighted by atomic mass is 19.4. The summed E-state index contributed by atoms with van der Waals surface area (Å²) in [5.74, 6) is -1.04. The summed E-state index contributed by atoms with van der Waals surface area (Å²) in [7, 11) is 5.01. The zero-order valence-electron chi connectivity index (χ0n) is 16.1. The molecule has 0 spiro atoms. The van der Waals surface area contributed by atoms with Crippen LogP contribution in [0.3, 0.4) is 0 Å². The van der Waals surface area contributed by atoms with Gasteiger partial charge in [-0.25, -0.2) is 0 Å². The lowest BCUT2D eigenvalue weighted by Crippen LogP contribution is -2.31. The largest absolute Gasteiger partial charge is 0.497 e. The Morgan fingerprint density at radius 1 is 1.14 bits per heavy atom. The Morgan fingerprint density at radius 3 is 2.48 bits per heavy atom. The Bertz CT molecular complexity index is 885. The minimum absolute atomic E-state index is 0.0428. The van der Waals surface area contributed by atoms with Gasteiger partial charge < -0.3 is 20.3 Å². The van der Waals surface area contributed by atoms with Crippen molar-refractivity contribution < 1.29 is 27.5 Å². The maximum absolute atomic E-state index is 13.2. The van der Waals surface area contributed by atoms with E-state index >= 15 is 0 Å². The molecule has 2 N–H and O–H groups in total. The Balaban J connectivity index is 2.28. The quantitative estimate of drug-likeness (QED) is 0.733. The van der Waals surface area contributed by atoms with Crippen molar-refractivity contribution >= 4 is 17.5 Å². The molecule has 1 heterocycles. The maximum Gasteiger partial charge on any atom is 0.416 e. The molecule has 0 saturated carbocycles. The molecule has 0 saturated heterocycles. The molecule has 0 aliphatic rings. The molecule has 0 fully saturated rings. The summed E-state index contributed by atoms with van der Waals surface area (Å²) in [4.78, 5) is 30.3. The van der Waals surface area contributed by atoms with Gasteiger partial charge in [-0.1, -0.05) is 0 Å². The molecule has 29 heavy (non-hydrogen) atoms. The summed E-state index contributed by atoms with van der Waals surface area (Å²) < 4.78 is 44.7. The predicted octanol–water partition coefficient (Wildman–Crippen LogP) is 2.65. The van der Waals surface area contributed by atoms with Crippen molar-refractivity contribution in [1.29, 1.82) is 0 Å². The first-order valence-corrected chi connectivity index (χ1v) is 8.56. The van der Waals surface area contributed by atoms with Crippen LogP contribution in [0.1, 0.15) is 26.4 Å². The van der Waals surface area contributed by atoms with E-state index in [1.807, 2.05) is 4.90 Å². The second-order valence-corrected chi connectivity index (χ2v) is 6.39. The maximum atomic E-state index is 13.2. The molecule has 0 radical (unpaired) electrons. The molecule has 2 aromatic rings. The van der Waals surface area contributed by atoms with Crippen LogP contribution in [0.2, 0.25) is 0 Å². The smallest absolute Gasteiger partial charge is 0.416 e. The van der Waals surface area contributed by atoms with Crippen LogP contribution in [-0.4, -0.2) is 56.0 Å². The highest BCUT2D eigenvalue weighted by Gasteiger charge is 2.32. The first-order valence-electron chi connectivity index (χ1n) is 8.56. The first-order chi connectivity index (χ1) is 13.6. The fourth-order valence-electron chi connectivity index (χ4n) is 2.35. The second-order valence-electron chi connectivity index (χ2n) is 6.39. The number of anilines is 1. The molecule has 2 rings (SSSR count). The molecule has 1 aromatic heterocycles. The number of rotatable bonds is 7. The molecule has 0 aliphatic heterocycles. The third-order valence-corrected chi connectivity index (χ3v) is 3.82. The monoisotopic (exact) mass is 410 g/mol. The summed E-state index contributed by atoms with van der Waals surface area (Å²) in [5, 5.41) is 4.89. The van der Waals surface area contributed by atoms with Crippen LogP contribution in [0.5, 0.6) is 5.75 Å². The number of amides is 2. The molecule has 0 bridgehead atoms. The molecule has 0 unspecified atom stereocenters. The van der Waals surface area contributed by atoms with Gasteiger partial charge in [-0.05, 0) is 38.4 Å². The number of hydrogen-bond acceptors (Lipinski definition) is 5. The van der Waals surface area contributed by atoms with Gasteiger partial charge in [0.2, 0.25) is 0 Å². The van der Waals surface area contributed by atoms with Gasteiger partial charge >= 0.3 is 6.18 Å². The molecule has 0 atom stereocenters. The lowest BCUT2D eigenvalue weighted by molar-refractivity contribution is -0.137.